The average Bonchev–Trinajstić information content (AvgIpc) is 3.23. The van der Waals surface area contributed by atoms with E-state index in [9.17, 15) is 4.79 Å². The van der Waals surface area contributed by atoms with Crippen LogP contribution < -0.4 is 4.74 Å². The summed E-state index contributed by atoms with van der Waals surface area (Å²) in [4.78, 5) is 17.5. The quantitative estimate of drug-likeness (QED) is 0.128. The molecule has 5 aromatic rings. The van der Waals surface area contributed by atoms with Gasteiger partial charge in [-0.3, -0.25) is 4.79 Å². The fourth-order valence-electron chi connectivity index (χ4n) is 3.97. The van der Waals surface area contributed by atoms with Crippen LogP contribution in [-0.2, 0) is 0 Å². The predicted octanol–water partition coefficient (Wildman–Crippen LogP) is 8.46. The molecule has 0 fully saturated rings. The van der Waals surface area contributed by atoms with Crippen molar-refractivity contribution in [3.05, 3.63) is 101 Å². The molecule has 0 unspecified atom stereocenters. The highest BCUT2D eigenvalue weighted by molar-refractivity contribution is 7.99. The fraction of sp³-hybridized carbons (Fsp3) is 0.103. The number of ketones is 1. The summed E-state index contributed by atoms with van der Waals surface area (Å²) in [6.07, 6.45) is 0.395. The summed E-state index contributed by atoms with van der Waals surface area (Å²) < 4.78 is 6.11. The maximum Gasteiger partial charge on any atom is 0.206 e. The number of thioether (sulfide) groups is 1. The van der Waals surface area contributed by atoms with E-state index in [1.165, 1.54) is 0 Å². The standard InChI is InChI=1S/C29H23ClN2O2S/c1-18-4-2-3-5-28(18)34-21-9-13-27-24(17-21)23-16-19(6-12-26(23)32-27)29(33)25(31)14-15-35-22-10-7-20(30)8-11-22/h2-13,16-17,31-32H,14-15H2,1H3. The Kier molecular flexibility index (Phi) is 6.62. The van der Waals surface area contributed by atoms with E-state index < -0.39 is 0 Å². The molecule has 0 aliphatic rings. The number of hydrogen-bond acceptors (Lipinski definition) is 4. The molecule has 0 amide bonds. The first-order valence-corrected chi connectivity index (χ1v) is 12.6. The number of aromatic nitrogens is 1. The van der Waals surface area contributed by atoms with Gasteiger partial charge in [0.1, 0.15) is 11.5 Å². The number of hydrogen-bond donors (Lipinski definition) is 2. The Balaban J connectivity index is 1.34. The molecule has 0 saturated heterocycles. The predicted molar refractivity (Wildman–Crippen MR) is 146 cm³/mol. The van der Waals surface area contributed by atoms with Crippen molar-refractivity contribution in [3.63, 3.8) is 0 Å². The first-order chi connectivity index (χ1) is 17.0. The molecule has 0 radical (unpaired) electrons. The number of halogens is 1. The lowest BCUT2D eigenvalue weighted by atomic mass is 10.0. The van der Waals surface area contributed by atoms with Gasteiger partial charge < -0.3 is 15.1 Å². The van der Waals surface area contributed by atoms with Gasteiger partial charge in [-0.2, -0.15) is 0 Å². The van der Waals surface area contributed by atoms with Crippen molar-refractivity contribution in [1.82, 2.24) is 4.98 Å². The molecule has 4 aromatic carbocycles. The van der Waals surface area contributed by atoms with Crippen molar-refractivity contribution in [1.29, 1.82) is 5.41 Å². The summed E-state index contributed by atoms with van der Waals surface area (Å²) in [5.74, 6) is 1.95. The van der Waals surface area contributed by atoms with E-state index >= 15 is 0 Å². The summed E-state index contributed by atoms with van der Waals surface area (Å²) in [7, 11) is 0. The van der Waals surface area contributed by atoms with Crippen LogP contribution in [0.3, 0.4) is 0 Å². The van der Waals surface area contributed by atoms with Crippen molar-refractivity contribution < 1.29 is 9.53 Å². The zero-order valence-corrected chi connectivity index (χ0v) is 20.7. The Morgan fingerprint density at radius 1 is 0.943 bits per heavy atom. The molecule has 0 spiro atoms. The number of carbonyl (C=O) groups is 1. The van der Waals surface area contributed by atoms with Crippen molar-refractivity contribution in [2.24, 2.45) is 0 Å². The normalized spacial score (nSPS) is 11.1. The first-order valence-electron chi connectivity index (χ1n) is 11.3. The highest BCUT2D eigenvalue weighted by Crippen LogP contribution is 2.32. The van der Waals surface area contributed by atoms with Gasteiger partial charge in [0.05, 0.1) is 5.71 Å². The van der Waals surface area contributed by atoms with E-state index in [1.807, 2.05) is 85.8 Å². The second-order valence-electron chi connectivity index (χ2n) is 8.32. The number of carbonyl (C=O) groups excluding carboxylic acids is 1. The first kappa shape index (κ1) is 23.2. The van der Waals surface area contributed by atoms with Gasteiger partial charge in [0.2, 0.25) is 5.78 Å². The molecule has 35 heavy (non-hydrogen) atoms. The SMILES string of the molecule is Cc1ccccc1Oc1ccc2[nH]c3ccc(C(=O)C(=N)CCSc4ccc(Cl)cc4)cc3c2c1. The van der Waals surface area contributed by atoms with Crippen LogP contribution in [-0.4, -0.2) is 22.2 Å². The maximum atomic E-state index is 13.0. The molecule has 6 heteroatoms. The second kappa shape index (κ2) is 9.98. The minimum absolute atomic E-state index is 0.106. The number of nitrogens with one attached hydrogen (secondary N) is 2. The summed E-state index contributed by atoms with van der Waals surface area (Å²) in [5.41, 5.74) is 3.59. The number of fused-ring (bicyclic) bond motifs is 3. The van der Waals surface area contributed by atoms with Gasteiger partial charge in [0, 0.05) is 49.5 Å². The monoisotopic (exact) mass is 498 g/mol. The average molecular weight is 499 g/mol. The lowest BCUT2D eigenvalue weighted by molar-refractivity contribution is 0.106. The maximum absolute atomic E-state index is 13.0. The number of ether oxygens (including phenoxy) is 1. The lowest BCUT2D eigenvalue weighted by Crippen LogP contribution is -2.13. The third-order valence-corrected chi connectivity index (χ3v) is 7.13. The highest BCUT2D eigenvalue weighted by Gasteiger charge is 2.15. The molecule has 2 N–H and O–H groups in total. The molecule has 4 nitrogen and oxygen atoms in total. The second-order valence-corrected chi connectivity index (χ2v) is 9.93. The van der Waals surface area contributed by atoms with Crippen LogP contribution in [0.15, 0.2) is 89.8 Å². The molecule has 0 bridgehead atoms. The number of H-pyrrole nitrogens is 1. The lowest BCUT2D eigenvalue weighted by Gasteiger charge is -2.08. The van der Waals surface area contributed by atoms with E-state index in [2.05, 4.69) is 4.98 Å². The summed E-state index contributed by atoms with van der Waals surface area (Å²) >= 11 is 7.54. The number of aromatic amines is 1. The van der Waals surface area contributed by atoms with Crippen LogP contribution in [0.5, 0.6) is 11.5 Å². The fourth-order valence-corrected chi connectivity index (χ4v) is 4.96. The Bertz CT molecular complexity index is 1560. The number of aryl methyl sites for hydroxylation is 1. The van der Waals surface area contributed by atoms with Gasteiger partial charge in [0.25, 0.3) is 0 Å². The zero-order chi connectivity index (χ0) is 24.4. The van der Waals surface area contributed by atoms with Crippen molar-refractivity contribution >= 4 is 56.7 Å². The van der Waals surface area contributed by atoms with Crippen molar-refractivity contribution in [2.75, 3.05) is 5.75 Å². The summed E-state index contributed by atoms with van der Waals surface area (Å²) in [6.45, 7) is 2.01. The van der Waals surface area contributed by atoms with Crippen molar-refractivity contribution in [2.45, 2.75) is 18.2 Å². The van der Waals surface area contributed by atoms with Crippen molar-refractivity contribution in [3.8, 4) is 11.5 Å². The largest absolute Gasteiger partial charge is 0.457 e. The molecule has 1 heterocycles. The topological polar surface area (TPSA) is 65.9 Å². The van der Waals surface area contributed by atoms with Gasteiger partial charge in [0.15, 0.2) is 0 Å². The van der Waals surface area contributed by atoms with Gasteiger partial charge in [-0.15, -0.1) is 11.8 Å². The number of benzene rings is 4. The smallest absolute Gasteiger partial charge is 0.206 e. The Morgan fingerprint density at radius 2 is 1.66 bits per heavy atom. The van der Waals surface area contributed by atoms with Gasteiger partial charge in [-0.1, -0.05) is 29.8 Å². The third-order valence-electron chi connectivity index (χ3n) is 5.86. The van der Waals surface area contributed by atoms with E-state index in [-0.39, 0.29) is 11.5 Å². The van der Waals surface area contributed by atoms with Crippen LogP contribution in [0.2, 0.25) is 5.02 Å². The van der Waals surface area contributed by atoms with Gasteiger partial charge >= 0.3 is 0 Å². The summed E-state index contributed by atoms with van der Waals surface area (Å²) in [5, 5.41) is 10.9. The van der Waals surface area contributed by atoms with Crippen LogP contribution >= 0.6 is 23.4 Å². The van der Waals surface area contributed by atoms with E-state index in [0.29, 0.717) is 22.8 Å². The molecule has 0 aliphatic carbocycles. The minimum atomic E-state index is -0.245. The number of para-hydroxylation sites is 1. The van der Waals surface area contributed by atoms with Crippen LogP contribution in [0.1, 0.15) is 22.3 Å². The highest BCUT2D eigenvalue weighted by atomic mass is 35.5. The van der Waals surface area contributed by atoms with Crippen LogP contribution in [0.25, 0.3) is 21.8 Å². The number of Topliss-reactive ketones (excluding diaryl/α,β-unsaturated/α-hetero) is 1. The van der Waals surface area contributed by atoms with E-state index in [0.717, 1.165) is 43.8 Å². The molecular weight excluding hydrogens is 476 g/mol. The third kappa shape index (κ3) is 5.11. The Morgan fingerprint density at radius 3 is 2.43 bits per heavy atom. The number of rotatable bonds is 8. The van der Waals surface area contributed by atoms with E-state index in [1.54, 1.807) is 17.8 Å². The minimum Gasteiger partial charge on any atom is -0.457 e. The summed E-state index contributed by atoms with van der Waals surface area (Å²) in [6, 6.07) is 26.9. The van der Waals surface area contributed by atoms with E-state index in [4.69, 9.17) is 21.7 Å². The molecule has 0 aliphatic heterocycles. The zero-order valence-electron chi connectivity index (χ0n) is 19.1. The van der Waals surface area contributed by atoms with Gasteiger partial charge in [-0.25, -0.2) is 0 Å². The molecule has 5 rings (SSSR count). The Hall–Kier alpha value is -3.54. The molecule has 1 aromatic heterocycles. The molecule has 174 valence electrons. The molecule has 0 atom stereocenters. The molecule has 0 saturated carbocycles. The molecular formula is C29H23ClN2O2S. The van der Waals surface area contributed by atoms with Crippen LogP contribution in [0.4, 0.5) is 0 Å². The van der Waals surface area contributed by atoms with Crippen LogP contribution in [0, 0.1) is 12.3 Å². The van der Waals surface area contributed by atoms with Gasteiger partial charge in [-0.05, 0) is 79.2 Å². The Labute approximate surface area is 212 Å².